The third kappa shape index (κ3) is 4.16. The van der Waals surface area contributed by atoms with E-state index < -0.39 is 7.14 Å². The molecule has 27 heavy (non-hydrogen) atoms. The Kier molecular flexibility index (Phi) is 6.49. The highest BCUT2D eigenvalue weighted by atomic mass is 31.2. The molecule has 0 radical (unpaired) electrons. The van der Waals surface area contributed by atoms with Crippen LogP contribution in [0.3, 0.4) is 0 Å². The highest BCUT2D eigenvalue weighted by Gasteiger charge is 2.37. The van der Waals surface area contributed by atoms with Gasteiger partial charge in [0.05, 0.1) is 12.9 Å². The molecule has 0 spiro atoms. The molecule has 0 aliphatic carbocycles. The van der Waals surface area contributed by atoms with E-state index in [0.717, 1.165) is 34.9 Å². The second-order valence-corrected chi connectivity index (χ2v) is 9.32. The van der Waals surface area contributed by atoms with Crippen LogP contribution in [0.2, 0.25) is 0 Å². The van der Waals surface area contributed by atoms with Crippen LogP contribution < -0.4 is 20.7 Å². The molecule has 3 aromatic carbocycles. The summed E-state index contributed by atoms with van der Waals surface area (Å²) in [5.74, 6) is 0.496. The summed E-state index contributed by atoms with van der Waals surface area (Å²) in [6.45, 7) is 2.91. The molecule has 1 N–H and O–H groups in total. The molecule has 0 heterocycles. The van der Waals surface area contributed by atoms with E-state index in [-0.39, 0.29) is 5.78 Å². The van der Waals surface area contributed by atoms with E-state index in [0.29, 0.717) is 0 Å². The molecule has 0 bridgehead atoms. The number of hydrogen-bond acceptors (Lipinski definition) is 3. The first-order chi connectivity index (χ1) is 13.2. The van der Waals surface area contributed by atoms with Gasteiger partial charge in [0.2, 0.25) is 0 Å². The predicted octanol–water partition coefficient (Wildman–Crippen LogP) is 4.71. The Bertz CT molecular complexity index is 836. The molecule has 4 heteroatoms. The lowest BCUT2D eigenvalue weighted by molar-refractivity contribution is 0.414. The predicted molar refractivity (Wildman–Crippen MR) is 114 cm³/mol. The molecular formula is C23H26NO2P. The maximum Gasteiger partial charge on any atom is 0.163 e. The van der Waals surface area contributed by atoms with Crippen molar-refractivity contribution in [3.63, 3.8) is 0 Å². The number of hydrogen-bond donors (Lipinski definition) is 1. The smallest absolute Gasteiger partial charge is 0.163 e. The molecule has 140 valence electrons. The average Bonchev–Trinajstić information content (AvgIpc) is 2.75. The van der Waals surface area contributed by atoms with Gasteiger partial charge >= 0.3 is 0 Å². The van der Waals surface area contributed by atoms with Gasteiger partial charge < -0.3 is 14.6 Å². The number of methoxy groups -OCH3 is 1. The Morgan fingerprint density at radius 1 is 0.852 bits per heavy atom. The van der Waals surface area contributed by atoms with Crippen LogP contribution >= 0.6 is 7.14 Å². The summed E-state index contributed by atoms with van der Waals surface area (Å²) in [6.07, 6.45) is 0.968. The quantitative estimate of drug-likeness (QED) is 0.576. The lowest BCUT2D eigenvalue weighted by Gasteiger charge is -2.30. The van der Waals surface area contributed by atoms with Gasteiger partial charge in [-0.1, -0.05) is 79.7 Å². The van der Waals surface area contributed by atoms with E-state index in [4.69, 9.17) is 4.74 Å². The largest absolute Gasteiger partial charge is 0.497 e. The molecular weight excluding hydrogens is 353 g/mol. The first-order valence-electron chi connectivity index (χ1n) is 9.28. The second kappa shape index (κ2) is 9.03. The van der Waals surface area contributed by atoms with Gasteiger partial charge in [-0.15, -0.1) is 0 Å². The minimum atomic E-state index is -2.96. The van der Waals surface area contributed by atoms with Crippen molar-refractivity contribution in [2.45, 2.75) is 19.1 Å². The Morgan fingerprint density at radius 3 is 1.81 bits per heavy atom. The van der Waals surface area contributed by atoms with Gasteiger partial charge in [-0.3, -0.25) is 0 Å². The summed E-state index contributed by atoms with van der Waals surface area (Å²) in [5, 5.41) is 5.28. The van der Waals surface area contributed by atoms with Crippen molar-refractivity contribution in [2.24, 2.45) is 0 Å². The van der Waals surface area contributed by atoms with Gasteiger partial charge in [-0.05, 0) is 30.7 Å². The Hall–Kier alpha value is -2.35. The summed E-state index contributed by atoms with van der Waals surface area (Å²) >= 11 is 0. The van der Waals surface area contributed by atoms with Crippen molar-refractivity contribution in [2.75, 3.05) is 13.7 Å². The topological polar surface area (TPSA) is 38.3 Å². The van der Waals surface area contributed by atoms with Crippen LogP contribution in [0.5, 0.6) is 5.75 Å². The van der Waals surface area contributed by atoms with E-state index in [1.807, 2.05) is 84.9 Å². The van der Waals surface area contributed by atoms with Crippen LogP contribution in [-0.4, -0.2) is 13.7 Å². The maximum atomic E-state index is 14.7. The number of rotatable bonds is 8. The zero-order chi connectivity index (χ0) is 19.1. The summed E-state index contributed by atoms with van der Waals surface area (Å²) in [7, 11) is -1.31. The minimum absolute atomic E-state index is 0.298. The first-order valence-corrected chi connectivity index (χ1v) is 11.1. The molecule has 0 saturated carbocycles. The zero-order valence-electron chi connectivity index (χ0n) is 15.8. The van der Waals surface area contributed by atoms with Crippen LogP contribution in [0.25, 0.3) is 0 Å². The van der Waals surface area contributed by atoms with Gasteiger partial charge in [0, 0.05) is 10.6 Å². The van der Waals surface area contributed by atoms with Crippen molar-refractivity contribution in [3.8, 4) is 5.75 Å². The van der Waals surface area contributed by atoms with E-state index in [2.05, 4.69) is 12.2 Å². The molecule has 0 fully saturated rings. The van der Waals surface area contributed by atoms with E-state index in [9.17, 15) is 4.57 Å². The Morgan fingerprint density at radius 2 is 1.37 bits per heavy atom. The normalized spacial score (nSPS) is 12.5. The van der Waals surface area contributed by atoms with Crippen LogP contribution in [-0.2, 0) is 4.57 Å². The Balaban J connectivity index is 2.17. The zero-order valence-corrected chi connectivity index (χ0v) is 16.7. The van der Waals surface area contributed by atoms with Crippen molar-refractivity contribution >= 4 is 17.8 Å². The fraction of sp³-hybridized carbons (Fsp3) is 0.217. The van der Waals surface area contributed by atoms with Crippen molar-refractivity contribution in [1.82, 2.24) is 5.32 Å². The highest BCUT2D eigenvalue weighted by molar-refractivity contribution is 7.79. The van der Waals surface area contributed by atoms with Crippen molar-refractivity contribution in [3.05, 3.63) is 90.5 Å². The van der Waals surface area contributed by atoms with Crippen molar-refractivity contribution < 1.29 is 9.30 Å². The molecule has 0 aliphatic heterocycles. The molecule has 3 nitrogen and oxygen atoms in total. The maximum absolute atomic E-state index is 14.7. The molecule has 0 saturated heterocycles. The fourth-order valence-electron chi connectivity index (χ4n) is 3.27. The second-order valence-electron chi connectivity index (χ2n) is 6.46. The fourth-order valence-corrected chi connectivity index (χ4v) is 6.37. The van der Waals surface area contributed by atoms with Gasteiger partial charge in [0.25, 0.3) is 0 Å². The van der Waals surface area contributed by atoms with Crippen LogP contribution in [0, 0.1) is 0 Å². The molecule has 3 rings (SSSR count). The minimum Gasteiger partial charge on any atom is -0.497 e. The summed E-state index contributed by atoms with van der Waals surface area (Å²) in [4.78, 5) is 0. The third-order valence-corrected chi connectivity index (χ3v) is 8.00. The lowest BCUT2D eigenvalue weighted by Crippen LogP contribution is -2.31. The molecule has 0 aliphatic rings. The SMILES string of the molecule is CCCNC(c1ccc(OC)cc1)P(=O)(c1ccccc1)c1ccccc1. The average molecular weight is 379 g/mol. The summed E-state index contributed by atoms with van der Waals surface area (Å²) < 4.78 is 20.0. The van der Waals surface area contributed by atoms with Crippen molar-refractivity contribution in [1.29, 1.82) is 0 Å². The van der Waals surface area contributed by atoms with E-state index in [1.54, 1.807) is 7.11 Å². The van der Waals surface area contributed by atoms with Gasteiger partial charge in [0.15, 0.2) is 7.14 Å². The summed E-state index contributed by atoms with van der Waals surface area (Å²) in [6, 6.07) is 27.5. The van der Waals surface area contributed by atoms with Crippen LogP contribution in [0.1, 0.15) is 24.7 Å². The highest BCUT2D eigenvalue weighted by Crippen LogP contribution is 2.55. The number of nitrogens with one attached hydrogen (secondary N) is 1. The summed E-state index contributed by atoms with van der Waals surface area (Å²) in [5.41, 5.74) is 1.00. The van der Waals surface area contributed by atoms with Crippen LogP contribution in [0.4, 0.5) is 0 Å². The van der Waals surface area contributed by atoms with Gasteiger partial charge in [0.1, 0.15) is 5.75 Å². The number of ether oxygens (including phenoxy) is 1. The lowest BCUT2D eigenvalue weighted by atomic mass is 10.2. The monoisotopic (exact) mass is 379 g/mol. The van der Waals surface area contributed by atoms with E-state index in [1.165, 1.54) is 0 Å². The number of benzene rings is 3. The standard InChI is InChI=1S/C23H26NO2P/c1-3-18-24-23(19-14-16-20(26-2)17-15-19)27(25,21-10-6-4-7-11-21)22-12-8-5-9-13-22/h4-17,23-24H,3,18H2,1-2H3. The third-order valence-electron chi connectivity index (χ3n) is 4.66. The molecule has 1 atom stereocenters. The Labute approximate surface area is 161 Å². The first kappa shape index (κ1) is 19.4. The van der Waals surface area contributed by atoms with Gasteiger partial charge in [-0.2, -0.15) is 0 Å². The molecule has 3 aromatic rings. The van der Waals surface area contributed by atoms with Gasteiger partial charge in [-0.25, -0.2) is 0 Å². The molecule has 1 unspecified atom stereocenters. The molecule has 0 amide bonds. The molecule has 0 aromatic heterocycles. The van der Waals surface area contributed by atoms with Crippen LogP contribution in [0.15, 0.2) is 84.9 Å². The van der Waals surface area contributed by atoms with E-state index >= 15 is 0 Å².